The number of pyridine rings is 1. The first kappa shape index (κ1) is 12.7. The van der Waals surface area contributed by atoms with Crippen LogP contribution in [0, 0.1) is 0 Å². The standard InChI is InChI=1S/C16H17N3O/c1-16(2,3)12-6-4-11(5-7-12)15-17-13-8-9-19(20)10-14(13)18-15/h4-10,20H,1-3H3. The quantitative estimate of drug-likeness (QED) is 0.685. The summed E-state index contributed by atoms with van der Waals surface area (Å²) >= 11 is 0. The molecule has 0 aliphatic carbocycles. The highest BCUT2D eigenvalue weighted by Gasteiger charge is 2.15. The van der Waals surface area contributed by atoms with E-state index < -0.39 is 0 Å². The maximum atomic E-state index is 9.38. The predicted molar refractivity (Wildman–Crippen MR) is 78.0 cm³/mol. The number of aromatic nitrogens is 3. The van der Waals surface area contributed by atoms with Crippen molar-refractivity contribution < 1.29 is 5.21 Å². The zero-order valence-electron chi connectivity index (χ0n) is 11.8. The van der Waals surface area contributed by atoms with E-state index in [-0.39, 0.29) is 5.41 Å². The summed E-state index contributed by atoms with van der Waals surface area (Å²) < 4.78 is 0.990. The van der Waals surface area contributed by atoms with Crippen LogP contribution in [-0.4, -0.2) is 19.9 Å². The largest absolute Gasteiger partial charge is 0.429 e. The summed E-state index contributed by atoms with van der Waals surface area (Å²) in [5, 5.41) is 9.38. The molecule has 0 saturated heterocycles. The van der Waals surface area contributed by atoms with Gasteiger partial charge in [-0.15, -0.1) is 0 Å². The van der Waals surface area contributed by atoms with Crippen LogP contribution < -0.4 is 0 Å². The van der Waals surface area contributed by atoms with Gasteiger partial charge >= 0.3 is 0 Å². The summed E-state index contributed by atoms with van der Waals surface area (Å²) in [6.45, 7) is 6.57. The van der Waals surface area contributed by atoms with Crippen LogP contribution >= 0.6 is 0 Å². The molecule has 0 fully saturated rings. The highest BCUT2D eigenvalue weighted by atomic mass is 16.5. The molecule has 0 radical (unpaired) electrons. The lowest BCUT2D eigenvalue weighted by atomic mass is 9.87. The van der Waals surface area contributed by atoms with Crippen molar-refractivity contribution >= 4 is 0 Å². The van der Waals surface area contributed by atoms with Gasteiger partial charge in [-0.3, -0.25) is 0 Å². The van der Waals surface area contributed by atoms with E-state index in [1.807, 2.05) is 12.1 Å². The van der Waals surface area contributed by atoms with Crippen LogP contribution in [0.1, 0.15) is 26.3 Å². The van der Waals surface area contributed by atoms with Crippen LogP contribution in [0.3, 0.4) is 0 Å². The van der Waals surface area contributed by atoms with Gasteiger partial charge in [0, 0.05) is 11.8 Å². The van der Waals surface area contributed by atoms with E-state index in [1.165, 1.54) is 5.56 Å². The van der Waals surface area contributed by atoms with Crippen molar-refractivity contribution in [3.05, 3.63) is 48.3 Å². The van der Waals surface area contributed by atoms with Crippen LogP contribution in [0.15, 0.2) is 42.7 Å². The maximum Gasteiger partial charge on any atom is 0.160 e. The maximum absolute atomic E-state index is 9.38. The Morgan fingerprint density at radius 3 is 2.25 bits per heavy atom. The van der Waals surface area contributed by atoms with Crippen molar-refractivity contribution in [2.24, 2.45) is 0 Å². The fraction of sp³-hybridized carbons (Fsp3) is 0.250. The lowest BCUT2D eigenvalue weighted by molar-refractivity contribution is 0.184. The minimum absolute atomic E-state index is 0.137. The Morgan fingerprint density at radius 2 is 1.60 bits per heavy atom. The van der Waals surface area contributed by atoms with Gasteiger partial charge in [-0.25, -0.2) is 9.97 Å². The summed E-state index contributed by atoms with van der Waals surface area (Å²) in [5.74, 6) is 0.687. The lowest BCUT2D eigenvalue weighted by Crippen LogP contribution is -2.10. The highest BCUT2D eigenvalue weighted by Crippen LogP contribution is 2.27. The van der Waals surface area contributed by atoms with Crippen molar-refractivity contribution in [2.45, 2.75) is 26.2 Å². The average molecular weight is 267 g/mol. The molecule has 0 aromatic heterocycles. The lowest BCUT2D eigenvalue weighted by Gasteiger charge is -2.18. The monoisotopic (exact) mass is 267 g/mol. The Morgan fingerprint density at radius 1 is 0.950 bits per heavy atom. The summed E-state index contributed by atoms with van der Waals surface area (Å²) in [6.07, 6.45) is 3.10. The SMILES string of the molecule is CC(C)(C)c1ccc(-c2nc3ccn(O)cc-3n2)cc1. The third-order valence-electron chi connectivity index (χ3n) is 3.36. The zero-order valence-corrected chi connectivity index (χ0v) is 11.8. The van der Waals surface area contributed by atoms with Crippen molar-refractivity contribution in [1.29, 1.82) is 0 Å². The van der Waals surface area contributed by atoms with Gasteiger partial charge < -0.3 is 5.21 Å². The molecule has 0 amide bonds. The Kier molecular flexibility index (Phi) is 2.74. The molecule has 20 heavy (non-hydrogen) atoms. The first-order valence-corrected chi connectivity index (χ1v) is 6.59. The number of imidazole rings is 1. The molecule has 2 aliphatic heterocycles. The van der Waals surface area contributed by atoms with E-state index in [2.05, 4.69) is 42.9 Å². The molecule has 3 rings (SSSR count). The van der Waals surface area contributed by atoms with Gasteiger partial charge in [0.2, 0.25) is 0 Å². The molecule has 2 aliphatic rings. The molecule has 0 atom stereocenters. The van der Waals surface area contributed by atoms with Crippen LogP contribution in [-0.2, 0) is 5.41 Å². The molecule has 0 spiro atoms. The highest BCUT2D eigenvalue weighted by molar-refractivity contribution is 5.65. The van der Waals surface area contributed by atoms with Gasteiger partial charge in [0.15, 0.2) is 5.82 Å². The normalized spacial score (nSPS) is 11.9. The van der Waals surface area contributed by atoms with Gasteiger partial charge in [0.05, 0.1) is 11.9 Å². The third kappa shape index (κ3) is 2.25. The molecule has 0 bridgehead atoms. The van der Waals surface area contributed by atoms with Crippen LogP contribution in [0.2, 0.25) is 0 Å². The second kappa shape index (κ2) is 4.34. The van der Waals surface area contributed by atoms with E-state index in [0.29, 0.717) is 11.5 Å². The van der Waals surface area contributed by atoms with Gasteiger partial charge in [-0.05, 0) is 17.0 Å². The van der Waals surface area contributed by atoms with E-state index in [0.717, 1.165) is 16.0 Å². The summed E-state index contributed by atoms with van der Waals surface area (Å²) in [6, 6.07) is 10.1. The van der Waals surface area contributed by atoms with Gasteiger partial charge in [-0.2, -0.15) is 4.73 Å². The molecule has 0 saturated carbocycles. The van der Waals surface area contributed by atoms with Crippen LogP contribution in [0.5, 0.6) is 0 Å². The van der Waals surface area contributed by atoms with Crippen molar-refractivity contribution in [3.8, 4) is 22.8 Å². The van der Waals surface area contributed by atoms with E-state index in [4.69, 9.17) is 0 Å². The summed E-state index contributed by atoms with van der Waals surface area (Å²) in [4.78, 5) is 8.92. The number of nitrogens with zero attached hydrogens (tertiary/aromatic N) is 3. The zero-order chi connectivity index (χ0) is 14.3. The van der Waals surface area contributed by atoms with Crippen LogP contribution in [0.25, 0.3) is 22.8 Å². The third-order valence-corrected chi connectivity index (χ3v) is 3.36. The smallest absolute Gasteiger partial charge is 0.160 e. The summed E-state index contributed by atoms with van der Waals surface area (Å²) in [7, 11) is 0. The van der Waals surface area contributed by atoms with E-state index in [9.17, 15) is 5.21 Å². The van der Waals surface area contributed by atoms with E-state index >= 15 is 0 Å². The minimum Gasteiger partial charge on any atom is -0.429 e. The minimum atomic E-state index is 0.137. The Balaban J connectivity index is 2.01. The number of fused-ring (bicyclic) bond motifs is 1. The predicted octanol–water partition coefficient (Wildman–Crippen LogP) is 3.58. The first-order chi connectivity index (χ1) is 9.43. The van der Waals surface area contributed by atoms with Crippen LogP contribution in [0.4, 0.5) is 0 Å². The topological polar surface area (TPSA) is 50.9 Å². The second-order valence-corrected chi connectivity index (χ2v) is 5.97. The molecule has 1 N–H and O–H groups in total. The molecular formula is C16H17N3O. The van der Waals surface area contributed by atoms with Crippen molar-refractivity contribution in [1.82, 2.24) is 14.7 Å². The van der Waals surface area contributed by atoms with Gasteiger partial charge in [-0.1, -0.05) is 45.0 Å². The Bertz CT molecular complexity index is 708. The molecule has 2 heterocycles. The molecule has 0 unspecified atom stereocenters. The molecule has 102 valence electrons. The molecule has 1 aromatic carbocycles. The van der Waals surface area contributed by atoms with Crippen molar-refractivity contribution in [2.75, 3.05) is 0 Å². The average Bonchev–Trinajstić information content (AvgIpc) is 2.80. The fourth-order valence-corrected chi connectivity index (χ4v) is 2.15. The van der Waals surface area contributed by atoms with E-state index in [1.54, 1.807) is 18.5 Å². The molecule has 1 aromatic rings. The van der Waals surface area contributed by atoms with Crippen molar-refractivity contribution in [3.63, 3.8) is 0 Å². The number of hydrogen-bond donors (Lipinski definition) is 1. The van der Waals surface area contributed by atoms with Gasteiger partial charge in [0.1, 0.15) is 5.69 Å². The first-order valence-electron chi connectivity index (χ1n) is 6.59. The fourth-order valence-electron chi connectivity index (χ4n) is 2.15. The Labute approximate surface area is 118 Å². The number of rotatable bonds is 1. The Hall–Kier alpha value is -2.36. The van der Waals surface area contributed by atoms with Gasteiger partial charge in [0.25, 0.3) is 0 Å². The summed E-state index contributed by atoms with van der Waals surface area (Å²) in [5.41, 5.74) is 3.87. The molecule has 4 heteroatoms. The molecule has 4 nitrogen and oxygen atoms in total. The molecular weight excluding hydrogens is 250 g/mol. The second-order valence-electron chi connectivity index (χ2n) is 5.97. The number of benzene rings is 1. The number of hydrogen-bond acceptors (Lipinski definition) is 3.